The molecule has 0 saturated heterocycles. The van der Waals surface area contributed by atoms with Gasteiger partial charge in [0.25, 0.3) is 16.9 Å². The number of hydrogen-bond donors (Lipinski definition) is 9. The van der Waals surface area contributed by atoms with Crippen molar-refractivity contribution in [3.63, 3.8) is 0 Å². The Morgan fingerprint density at radius 2 is 1.68 bits per heavy atom. The molecule has 264 valence electrons. The van der Waals surface area contributed by atoms with Gasteiger partial charge in [0.1, 0.15) is 17.7 Å². The molecule has 0 aliphatic carbocycles. The van der Waals surface area contributed by atoms with Crippen LogP contribution in [0.1, 0.15) is 36.8 Å². The smallest absolute Gasteiger partial charge is 0.326 e. The van der Waals surface area contributed by atoms with E-state index < -0.39 is 72.0 Å². The minimum Gasteiger partial charge on any atom is -0.481 e. The summed E-state index contributed by atoms with van der Waals surface area (Å²) in [6.45, 7) is -0.288. The van der Waals surface area contributed by atoms with Gasteiger partial charge in [-0.2, -0.15) is 5.26 Å². The van der Waals surface area contributed by atoms with Gasteiger partial charge in [-0.3, -0.25) is 44.7 Å². The summed E-state index contributed by atoms with van der Waals surface area (Å²) >= 11 is 0. The maximum Gasteiger partial charge on any atom is 0.326 e. The fraction of sp³-hybridized carbons (Fsp3) is 0.286. The standard InChI is InChI=1S/C28H31N11O11/c29-14-34-25(33-8-1-9-50-39(48)49)16-10-18(13-32-12-16)36-26(44)23(27(45)37-19(28(46)47)11-22(42)43)38-21(41)7-6-20(40)35-17-4-2-15(3-5-17)24(30)31/h2-5,10,12-13,19,23H,1,6-9,11H2,(H3,30,31)(H,33,34)(H,35,40)(H,36,44)(H,37,45)(H,38,41)(H,42,43)(H,46,47)/t19-,23?/m0/s1. The molecule has 50 heavy (non-hydrogen) atoms. The van der Waals surface area contributed by atoms with Crippen LogP contribution < -0.4 is 32.3 Å². The van der Waals surface area contributed by atoms with E-state index in [4.69, 9.17) is 21.5 Å². The van der Waals surface area contributed by atoms with E-state index in [1.807, 2.05) is 5.32 Å². The second-order valence-electron chi connectivity index (χ2n) is 9.87. The largest absolute Gasteiger partial charge is 0.481 e. The van der Waals surface area contributed by atoms with E-state index in [0.29, 0.717) is 11.3 Å². The molecule has 4 amide bonds. The number of aliphatic carboxylic acids is 2. The van der Waals surface area contributed by atoms with E-state index in [1.165, 1.54) is 36.5 Å². The van der Waals surface area contributed by atoms with Crippen molar-refractivity contribution in [2.24, 2.45) is 10.7 Å². The number of nitrogens with zero attached hydrogens (tertiary/aromatic N) is 4. The zero-order valence-corrected chi connectivity index (χ0v) is 25.9. The van der Waals surface area contributed by atoms with E-state index >= 15 is 0 Å². The van der Waals surface area contributed by atoms with Crippen molar-refractivity contribution in [2.75, 3.05) is 23.8 Å². The second-order valence-corrected chi connectivity index (χ2v) is 9.87. The van der Waals surface area contributed by atoms with Crippen molar-refractivity contribution in [2.45, 2.75) is 37.8 Å². The number of hydrogen-bond acceptors (Lipinski definition) is 13. The number of nitrogens with two attached hydrogens (primary N) is 1. The zero-order chi connectivity index (χ0) is 37.2. The van der Waals surface area contributed by atoms with E-state index in [-0.39, 0.29) is 42.5 Å². The number of aliphatic imine (C=N–C) groups is 1. The fourth-order valence-corrected chi connectivity index (χ4v) is 3.80. The summed E-state index contributed by atoms with van der Waals surface area (Å²) in [6.07, 6.45) is 2.08. The molecule has 0 aliphatic heterocycles. The van der Waals surface area contributed by atoms with Crippen molar-refractivity contribution >= 4 is 58.6 Å². The molecule has 1 aromatic carbocycles. The Bertz CT molecular complexity index is 1690. The molecule has 1 heterocycles. The third kappa shape index (κ3) is 13.7. The maximum absolute atomic E-state index is 13.3. The number of aromatic nitrogens is 1. The van der Waals surface area contributed by atoms with Gasteiger partial charge in [-0.15, -0.1) is 10.1 Å². The highest BCUT2D eigenvalue weighted by atomic mass is 16.9. The topological polar surface area (TPSA) is 354 Å². The number of benzene rings is 1. The quantitative estimate of drug-likeness (QED) is 0.0120. The van der Waals surface area contributed by atoms with Crippen LogP contribution in [0.25, 0.3) is 0 Å². The van der Waals surface area contributed by atoms with E-state index in [1.54, 1.807) is 6.19 Å². The number of nitrogens with one attached hydrogen (secondary N) is 6. The molecule has 2 aromatic rings. The first-order chi connectivity index (χ1) is 23.7. The highest BCUT2D eigenvalue weighted by Crippen LogP contribution is 2.12. The Hall–Kier alpha value is -7.18. The van der Waals surface area contributed by atoms with Crippen LogP contribution in [0.3, 0.4) is 0 Å². The van der Waals surface area contributed by atoms with Crippen LogP contribution in [0.2, 0.25) is 0 Å². The third-order valence-electron chi connectivity index (χ3n) is 6.10. The van der Waals surface area contributed by atoms with Crippen LogP contribution in [-0.2, 0) is 33.6 Å². The van der Waals surface area contributed by atoms with Gasteiger partial charge in [-0.05, 0) is 36.8 Å². The summed E-state index contributed by atoms with van der Waals surface area (Å²) in [5, 5.41) is 55.3. The number of amidine groups is 2. The predicted octanol–water partition coefficient (Wildman–Crippen LogP) is -1.33. The number of nitriles is 1. The lowest BCUT2D eigenvalue weighted by Crippen LogP contribution is -2.56. The third-order valence-corrected chi connectivity index (χ3v) is 6.10. The molecule has 0 radical (unpaired) electrons. The van der Waals surface area contributed by atoms with Gasteiger partial charge in [0.05, 0.1) is 24.9 Å². The number of amides is 4. The average molecular weight is 698 g/mol. The SMILES string of the molecule is N#CNC(=NCCCO[N+](=O)[O-])c1cncc(NC(=O)C(NC(=O)CCC(=O)Nc2ccc(C(=N)N)cc2)C(=O)N[C@@H](CC(=O)O)C(=O)O)c1. The van der Waals surface area contributed by atoms with Gasteiger partial charge in [0.15, 0.2) is 12.2 Å². The van der Waals surface area contributed by atoms with Gasteiger partial charge >= 0.3 is 11.9 Å². The summed E-state index contributed by atoms with van der Waals surface area (Å²) in [4.78, 5) is 96.7. The first kappa shape index (κ1) is 39.0. The number of carboxylic acids is 2. The minimum absolute atomic E-state index is 0.0199. The Labute approximate surface area is 281 Å². The van der Waals surface area contributed by atoms with Gasteiger partial charge in [-0.25, -0.2) is 4.79 Å². The molecule has 10 N–H and O–H groups in total. The van der Waals surface area contributed by atoms with Crippen molar-refractivity contribution in [1.82, 2.24) is 20.9 Å². The first-order valence-corrected chi connectivity index (χ1v) is 14.2. The summed E-state index contributed by atoms with van der Waals surface area (Å²) < 4.78 is 0. The summed E-state index contributed by atoms with van der Waals surface area (Å²) in [6, 6.07) is 3.05. The van der Waals surface area contributed by atoms with E-state index in [9.17, 15) is 44.0 Å². The summed E-state index contributed by atoms with van der Waals surface area (Å²) in [7, 11) is 0. The van der Waals surface area contributed by atoms with Crippen molar-refractivity contribution < 1.29 is 48.9 Å². The molecule has 0 bridgehead atoms. The Morgan fingerprint density at radius 3 is 2.28 bits per heavy atom. The molecule has 2 rings (SSSR count). The number of pyridine rings is 1. The molecular formula is C28H31N11O11. The first-order valence-electron chi connectivity index (χ1n) is 14.2. The number of carboxylic acid groups (broad SMARTS) is 2. The van der Waals surface area contributed by atoms with Gasteiger partial charge in [0.2, 0.25) is 11.8 Å². The molecule has 0 saturated carbocycles. The lowest BCUT2D eigenvalue weighted by Gasteiger charge is -2.20. The molecule has 2 atom stereocenters. The molecule has 0 fully saturated rings. The molecule has 1 unspecified atom stereocenters. The Kier molecular flexibility index (Phi) is 15.2. The monoisotopic (exact) mass is 697 g/mol. The van der Waals surface area contributed by atoms with Crippen LogP contribution in [0.15, 0.2) is 47.7 Å². The number of anilines is 2. The lowest BCUT2D eigenvalue weighted by molar-refractivity contribution is -0.757. The van der Waals surface area contributed by atoms with Gasteiger partial charge in [-0.1, -0.05) is 0 Å². The Morgan fingerprint density at radius 1 is 1.00 bits per heavy atom. The van der Waals surface area contributed by atoms with E-state index in [0.717, 1.165) is 6.20 Å². The molecule has 22 nitrogen and oxygen atoms in total. The summed E-state index contributed by atoms with van der Waals surface area (Å²) in [5.74, 6) is -7.81. The lowest BCUT2D eigenvalue weighted by atomic mass is 10.1. The maximum atomic E-state index is 13.3. The number of nitrogen functional groups attached to an aromatic ring is 1. The van der Waals surface area contributed by atoms with Crippen LogP contribution in [0.5, 0.6) is 0 Å². The van der Waals surface area contributed by atoms with Crippen molar-refractivity contribution in [3.05, 3.63) is 64.0 Å². The Balaban J connectivity index is 2.21. The van der Waals surface area contributed by atoms with Crippen LogP contribution in [-0.4, -0.2) is 92.8 Å². The van der Waals surface area contributed by atoms with Crippen LogP contribution >= 0.6 is 0 Å². The van der Waals surface area contributed by atoms with Gasteiger partial charge in [0, 0.05) is 42.4 Å². The highest BCUT2D eigenvalue weighted by molar-refractivity contribution is 6.13. The molecule has 22 heteroatoms. The number of carbonyl (C=O) groups is 6. The second kappa shape index (κ2) is 19.5. The van der Waals surface area contributed by atoms with Crippen LogP contribution in [0.4, 0.5) is 11.4 Å². The van der Waals surface area contributed by atoms with Crippen molar-refractivity contribution in [1.29, 1.82) is 10.7 Å². The normalized spacial score (nSPS) is 11.8. The molecule has 1 aromatic heterocycles. The average Bonchev–Trinajstić information content (AvgIpc) is 3.05. The van der Waals surface area contributed by atoms with Crippen LogP contribution in [0, 0.1) is 27.0 Å². The number of rotatable bonds is 19. The minimum atomic E-state index is -2.14. The van der Waals surface area contributed by atoms with E-state index in [2.05, 4.69) is 36.1 Å². The predicted molar refractivity (Wildman–Crippen MR) is 170 cm³/mol. The fourth-order valence-electron chi connectivity index (χ4n) is 3.80. The highest BCUT2D eigenvalue weighted by Gasteiger charge is 2.33. The molecular weight excluding hydrogens is 666 g/mol. The summed E-state index contributed by atoms with van der Waals surface area (Å²) in [5.41, 5.74) is 6.17. The van der Waals surface area contributed by atoms with Gasteiger partial charge < -0.3 is 42.1 Å². The number of carbonyl (C=O) groups excluding carboxylic acids is 4. The molecule has 0 spiro atoms. The zero-order valence-electron chi connectivity index (χ0n) is 25.9. The molecule has 0 aliphatic rings. The van der Waals surface area contributed by atoms with Crippen molar-refractivity contribution in [3.8, 4) is 6.19 Å².